The van der Waals surface area contributed by atoms with E-state index in [-0.39, 0.29) is 12.2 Å². The minimum absolute atomic E-state index is 0.00925. The third-order valence-corrected chi connectivity index (χ3v) is 2.29. The number of carboxylic acid groups (broad SMARTS) is 1. The number of halogens is 2. The van der Waals surface area contributed by atoms with Crippen molar-refractivity contribution >= 4 is 17.6 Å². The smallest absolute Gasteiger partial charge is 0.303 e. The number of carboxylic acids is 1. The molecule has 14 heavy (non-hydrogen) atoms. The van der Waals surface area contributed by atoms with Gasteiger partial charge >= 0.3 is 5.97 Å². The molecule has 1 atom stereocenters. The van der Waals surface area contributed by atoms with E-state index in [2.05, 4.69) is 0 Å². The minimum atomic E-state index is -0.896. The Morgan fingerprint density at radius 1 is 1.57 bits per heavy atom. The van der Waals surface area contributed by atoms with Crippen molar-refractivity contribution in [1.29, 1.82) is 0 Å². The van der Waals surface area contributed by atoms with Crippen LogP contribution in [0.2, 0.25) is 0 Å². The van der Waals surface area contributed by atoms with Gasteiger partial charge in [-0.3, -0.25) is 4.79 Å². The van der Waals surface area contributed by atoms with Gasteiger partial charge < -0.3 is 5.11 Å². The van der Waals surface area contributed by atoms with Crippen LogP contribution in [-0.4, -0.2) is 11.1 Å². The second-order valence-electron chi connectivity index (χ2n) is 2.95. The molecule has 0 aliphatic carbocycles. The molecule has 2 nitrogen and oxygen atoms in total. The maximum absolute atomic E-state index is 12.8. The third kappa shape index (κ3) is 3.34. The summed E-state index contributed by atoms with van der Waals surface area (Å²) in [5, 5.41) is 7.99. The van der Waals surface area contributed by atoms with Gasteiger partial charge in [0, 0.05) is 6.42 Å². The third-order valence-electron chi connectivity index (χ3n) is 1.82. The Hall–Kier alpha value is -1.09. The van der Waals surface area contributed by atoms with Crippen LogP contribution in [0.15, 0.2) is 24.3 Å². The topological polar surface area (TPSA) is 37.3 Å². The van der Waals surface area contributed by atoms with Crippen LogP contribution in [-0.2, 0) is 4.79 Å². The molecule has 1 aromatic rings. The van der Waals surface area contributed by atoms with Crippen molar-refractivity contribution in [3.63, 3.8) is 0 Å². The van der Waals surface area contributed by atoms with Crippen molar-refractivity contribution in [1.82, 2.24) is 0 Å². The van der Waals surface area contributed by atoms with Crippen molar-refractivity contribution in [3.05, 3.63) is 35.6 Å². The molecular weight excluding hydrogens is 207 g/mol. The van der Waals surface area contributed by atoms with Crippen molar-refractivity contribution in [3.8, 4) is 0 Å². The number of hydrogen-bond donors (Lipinski definition) is 1. The highest BCUT2D eigenvalue weighted by atomic mass is 35.5. The Bertz CT molecular complexity index is 328. The largest absolute Gasteiger partial charge is 0.481 e. The zero-order valence-electron chi connectivity index (χ0n) is 7.41. The molecule has 0 aromatic heterocycles. The summed E-state index contributed by atoms with van der Waals surface area (Å²) in [6.45, 7) is 0. The lowest BCUT2D eigenvalue weighted by Crippen LogP contribution is -1.98. The van der Waals surface area contributed by atoms with Crippen LogP contribution >= 0.6 is 11.6 Å². The molecule has 1 unspecified atom stereocenters. The second-order valence-corrected chi connectivity index (χ2v) is 3.48. The summed E-state index contributed by atoms with van der Waals surface area (Å²) in [6.07, 6.45) is 0.297. The van der Waals surface area contributed by atoms with Crippen molar-refractivity contribution in [2.24, 2.45) is 0 Å². The first-order valence-electron chi connectivity index (χ1n) is 4.21. The summed E-state index contributed by atoms with van der Waals surface area (Å²) >= 11 is 5.89. The van der Waals surface area contributed by atoms with E-state index in [1.54, 1.807) is 12.1 Å². The SMILES string of the molecule is O=C(O)CCC(Cl)c1cccc(F)c1. The average Bonchev–Trinajstić information content (AvgIpc) is 2.14. The lowest BCUT2D eigenvalue weighted by atomic mass is 10.1. The number of rotatable bonds is 4. The maximum Gasteiger partial charge on any atom is 0.303 e. The summed E-state index contributed by atoms with van der Waals surface area (Å²) in [5.74, 6) is -1.25. The van der Waals surface area contributed by atoms with E-state index in [0.29, 0.717) is 12.0 Å². The van der Waals surface area contributed by atoms with Crippen LogP contribution in [0.5, 0.6) is 0 Å². The van der Waals surface area contributed by atoms with Gasteiger partial charge in [-0.2, -0.15) is 0 Å². The summed E-state index contributed by atoms with van der Waals surface area (Å²) in [4.78, 5) is 10.3. The molecule has 0 spiro atoms. The average molecular weight is 217 g/mol. The van der Waals surface area contributed by atoms with Gasteiger partial charge in [-0.1, -0.05) is 12.1 Å². The minimum Gasteiger partial charge on any atom is -0.481 e. The fourth-order valence-corrected chi connectivity index (χ4v) is 1.36. The molecule has 4 heteroatoms. The molecule has 76 valence electrons. The van der Waals surface area contributed by atoms with E-state index in [4.69, 9.17) is 16.7 Å². The van der Waals surface area contributed by atoms with Gasteiger partial charge in [-0.15, -0.1) is 11.6 Å². The van der Waals surface area contributed by atoms with Crippen LogP contribution in [0.3, 0.4) is 0 Å². The molecule has 0 aliphatic rings. The molecule has 0 amide bonds. The van der Waals surface area contributed by atoms with Gasteiger partial charge in [0.2, 0.25) is 0 Å². The fraction of sp³-hybridized carbons (Fsp3) is 0.300. The summed E-state index contributed by atoms with van der Waals surface area (Å²) in [7, 11) is 0. The molecule has 0 saturated carbocycles. The van der Waals surface area contributed by atoms with E-state index in [0.717, 1.165) is 0 Å². The second kappa shape index (κ2) is 4.96. The first-order chi connectivity index (χ1) is 6.59. The fourth-order valence-electron chi connectivity index (χ4n) is 1.12. The molecule has 0 saturated heterocycles. The predicted molar refractivity (Wildman–Crippen MR) is 51.9 cm³/mol. The van der Waals surface area contributed by atoms with Gasteiger partial charge in [-0.25, -0.2) is 4.39 Å². The lowest BCUT2D eigenvalue weighted by molar-refractivity contribution is -0.137. The first kappa shape index (κ1) is 11.0. The van der Waals surface area contributed by atoms with Crippen LogP contribution in [0, 0.1) is 5.82 Å². The molecule has 1 N–H and O–H groups in total. The van der Waals surface area contributed by atoms with Gasteiger partial charge in [0.25, 0.3) is 0 Å². The summed E-state index contributed by atoms with van der Waals surface area (Å²) < 4.78 is 12.8. The highest BCUT2D eigenvalue weighted by Crippen LogP contribution is 2.25. The number of aliphatic carboxylic acids is 1. The molecule has 0 fully saturated rings. The van der Waals surface area contributed by atoms with Crippen LogP contribution in [0.1, 0.15) is 23.8 Å². The molecule has 0 bridgehead atoms. The van der Waals surface area contributed by atoms with Gasteiger partial charge in [0.05, 0.1) is 5.38 Å². The highest BCUT2D eigenvalue weighted by Gasteiger charge is 2.10. The van der Waals surface area contributed by atoms with Gasteiger partial charge in [0.15, 0.2) is 0 Å². The Balaban J connectivity index is 2.60. The Morgan fingerprint density at radius 3 is 2.86 bits per heavy atom. The molecule has 0 aliphatic heterocycles. The predicted octanol–water partition coefficient (Wildman–Crippen LogP) is 2.97. The molecule has 0 radical (unpaired) electrons. The molecule has 0 heterocycles. The van der Waals surface area contributed by atoms with E-state index < -0.39 is 11.3 Å². The summed E-state index contributed by atoms with van der Waals surface area (Å²) in [5.41, 5.74) is 0.618. The van der Waals surface area contributed by atoms with Crippen molar-refractivity contribution in [2.45, 2.75) is 18.2 Å². The van der Waals surface area contributed by atoms with E-state index in [1.807, 2.05) is 0 Å². The molecule has 1 rings (SSSR count). The van der Waals surface area contributed by atoms with Crippen LogP contribution < -0.4 is 0 Å². The van der Waals surface area contributed by atoms with E-state index in [1.165, 1.54) is 12.1 Å². The van der Waals surface area contributed by atoms with E-state index in [9.17, 15) is 9.18 Å². The Labute approximate surface area is 86.3 Å². The van der Waals surface area contributed by atoms with Crippen molar-refractivity contribution in [2.75, 3.05) is 0 Å². The maximum atomic E-state index is 12.8. The zero-order valence-corrected chi connectivity index (χ0v) is 8.17. The monoisotopic (exact) mass is 216 g/mol. The van der Waals surface area contributed by atoms with Crippen molar-refractivity contribution < 1.29 is 14.3 Å². The Morgan fingerprint density at radius 2 is 2.29 bits per heavy atom. The molecule has 1 aromatic carbocycles. The number of alkyl halides is 1. The van der Waals surface area contributed by atoms with Crippen LogP contribution in [0.25, 0.3) is 0 Å². The lowest BCUT2D eigenvalue weighted by Gasteiger charge is -2.07. The first-order valence-corrected chi connectivity index (χ1v) is 4.64. The zero-order chi connectivity index (χ0) is 10.6. The molecular formula is C10H10ClFO2. The quantitative estimate of drug-likeness (QED) is 0.786. The van der Waals surface area contributed by atoms with Crippen LogP contribution in [0.4, 0.5) is 4.39 Å². The standard InChI is InChI=1S/C10H10ClFO2/c11-9(4-5-10(13)14)7-2-1-3-8(12)6-7/h1-3,6,9H,4-5H2,(H,13,14). The van der Waals surface area contributed by atoms with Gasteiger partial charge in [-0.05, 0) is 24.1 Å². The number of benzene rings is 1. The summed E-state index contributed by atoms with van der Waals surface area (Å²) in [6, 6.07) is 5.88. The Kier molecular flexibility index (Phi) is 3.89. The normalized spacial score (nSPS) is 12.4. The van der Waals surface area contributed by atoms with E-state index >= 15 is 0 Å². The number of carbonyl (C=O) groups is 1. The highest BCUT2D eigenvalue weighted by molar-refractivity contribution is 6.20. The van der Waals surface area contributed by atoms with Gasteiger partial charge in [0.1, 0.15) is 5.82 Å². The number of hydrogen-bond acceptors (Lipinski definition) is 1.